The Labute approximate surface area is 279 Å². The predicted octanol–water partition coefficient (Wildman–Crippen LogP) is 8.39. The van der Waals surface area contributed by atoms with Crippen LogP contribution in [-0.4, -0.2) is 50.3 Å². The quantitative estimate of drug-likeness (QED) is 0.154. The third kappa shape index (κ3) is 8.10. The molecule has 47 heavy (non-hydrogen) atoms. The number of rotatable bonds is 9. The van der Waals surface area contributed by atoms with Crippen molar-refractivity contribution in [3.05, 3.63) is 83.3 Å². The zero-order valence-electron chi connectivity index (χ0n) is 26.1. The molecule has 0 aliphatic carbocycles. The molecule has 0 aliphatic heterocycles. The van der Waals surface area contributed by atoms with Gasteiger partial charge in [-0.15, -0.1) is 10.2 Å². The maximum atomic E-state index is 13.5. The van der Waals surface area contributed by atoms with E-state index in [0.717, 1.165) is 22.4 Å². The Morgan fingerprint density at radius 3 is 2.55 bits per heavy atom. The molecule has 0 saturated heterocycles. The summed E-state index contributed by atoms with van der Waals surface area (Å²) >= 11 is 7.96. The van der Waals surface area contributed by atoms with Gasteiger partial charge in [-0.2, -0.15) is 9.78 Å². The van der Waals surface area contributed by atoms with Gasteiger partial charge >= 0.3 is 12.2 Å². The highest BCUT2D eigenvalue weighted by Crippen LogP contribution is 2.40. The van der Waals surface area contributed by atoms with E-state index in [1.807, 2.05) is 6.92 Å². The van der Waals surface area contributed by atoms with Crippen LogP contribution in [0.5, 0.6) is 0 Å². The van der Waals surface area contributed by atoms with Crippen molar-refractivity contribution in [1.29, 1.82) is 0 Å². The minimum absolute atomic E-state index is 0.0738. The van der Waals surface area contributed by atoms with Gasteiger partial charge in [0.2, 0.25) is 11.0 Å². The van der Waals surface area contributed by atoms with E-state index in [2.05, 4.69) is 20.6 Å². The molecule has 2 heterocycles. The van der Waals surface area contributed by atoms with Gasteiger partial charge in [-0.3, -0.25) is 4.79 Å². The molecule has 5 aromatic rings. The number of halogens is 2. The molecule has 14 heteroatoms. The number of fused-ring (bicyclic) bond motifs is 1. The fourth-order valence-electron chi connectivity index (χ4n) is 4.47. The van der Waals surface area contributed by atoms with Crippen molar-refractivity contribution in [2.75, 3.05) is 16.8 Å². The SMILES string of the molecule is CCCCOC(=O)N(c1nnc(-c2cccc(NC(=O)Cc3ccc(F)cc3)c2)s1)c1ccc2c(cnn2C(=O)OC(C)(C)C)c1Cl. The van der Waals surface area contributed by atoms with Crippen LogP contribution in [-0.2, 0) is 20.7 Å². The molecular weight excluding hydrogens is 647 g/mol. The van der Waals surface area contributed by atoms with Crippen LogP contribution in [0, 0.1) is 5.82 Å². The lowest BCUT2D eigenvalue weighted by Gasteiger charge is -2.21. The number of nitrogens with zero attached hydrogens (tertiary/aromatic N) is 5. The average molecular weight is 679 g/mol. The van der Waals surface area contributed by atoms with E-state index in [1.54, 1.807) is 69.3 Å². The van der Waals surface area contributed by atoms with Crippen LogP contribution >= 0.6 is 22.9 Å². The van der Waals surface area contributed by atoms with E-state index in [1.165, 1.54) is 23.2 Å². The van der Waals surface area contributed by atoms with Crippen molar-refractivity contribution in [3.8, 4) is 10.6 Å². The van der Waals surface area contributed by atoms with Gasteiger partial charge in [-0.25, -0.2) is 18.9 Å². The Morgan fingerprint density at radius 2 is 1.83 bits per heavy atom. The predicted molar refractivity (Wildman–Crippen MR) is 179 cm³/mol. The largest absolute Gasteiger partial charge is 0.449 e. The molecule has 2 amide bonds. The Kier molecular flexibility index (Phi) is 10.2. The first-order valence-corrected chi connectivity index (χ1v) is 16.0. The summed E-state index contributed by atoms with van der Waals surface area (Å²) in [5.74, 6) is -0.643. The third-order valence-electron chi connectivity index (χ3n) is 6.66. The summed E-state index contributed by atoms with van der Waals surface area (Å²) in [7, 11) is 0. The standard InChI is InChI=1S/C33H32ClFN6O5S/c1-5-6-16-45-31(43)40(26-15-14-25-24(28(26)34)19-36-41(25)32(44)46-33(2,3)4)30-39-38-29(47-30)21-8-7-9-23(18-21)37-27(42)17-20-10-12-22(35)13-11-20/h7-15,18-19H,5-6,16-17H2,1-4H3,(H,37,42). The number of anilines is 3. The molecule has 0 radical (unpaired) electrons. The number of carbonyl (C=O) groups excluding carboxylic acids is 3. The van der Waals surface area contributed by atoms with E-state index in [4.69, 9.17) is 21.1 Å². The molecule has 5 rings (SSSR count). The lowest BCUT2D eigenvalue weighted by atomic mass is 10.1. The van der Waals surface area contributed by atoms with E-state index >= 15 is 0 Å². The zero-order valence-corrected chi connectivity index (χ0v) is 27.7. The Morgan fingerprint density at radius 1 is 1.06 bits per heavy atom. The highest BCUT2D eigenvalue weighted by Gasteiger charge is 2.29. The molecule has 2 aromatic heterocycles. The minimum Gasteiger partial charge on any atom is -0.449 e. The smallest absolute Gasteiger partial charge is 0.435 e. The zero-order chi connectivity index (χ0) is 33.7. The normalized spacial score (nSPS) is 11.4. The molecule has 0 spiro atoms. The van der Waals surface area contributed by atoms with E-state index in [-0.39, 0.29) is 40.6 Å². The lowest BCUT2D eigenvalue weighted by Crippen LogP contribution is -2.28. The second-order valence-electron chi connectivity index (χ2n) is 11.5. The summed E-state index contributed by atoms with van der Waals surface area (Å²) in [5.41, 5.74) is 1.76. The lowest BCUT2D eigenvalue weighted by molar-refractivity contribution is -0.115. The first-order valence-electron chi connectivity index (χ1n) is 14.8. The molecule has 0 saturated carbocycles. The van der Waals surface area contributed by atoms with Gasteiger partial charge in [-0.05, 0) is 69.2 Å². The van der Waals surface area contributed by atoms with Crippen LogP contribution < -0.4 is 10.2 Å². The van der Waals surface area contributed by atoms with Crippen molar-refractivity contribution in [2.24, 2.45) is 0 Å². The summed E-state index contributed by atoms with van der Waals surface area (Å²) in [5, 5.41) is 16.8. The van der Waals surface area contributed by atoms with Crippen LogP contribution in [0.25, 0.3) is 21.5 Å². The second-order valence-corrected chi connectivity index (χ2v) is 12.8. The number of hydrogen-bond donors (Lipinski definition) is 1. The van der Waals surface area contributed by atoms with Crippen molar-refractivity contribution in [2.45, 2.75) is 52.6 Å². The topological polar surface area (TPSA) is 129 Å². The molecule has 0 atom stereocenters. The van der Waals surface area contributed by atoms with E-state index < -0.39 is 17.8 Å². The van der Waals surface area contributed by atoms with Gasteiger partial charge < -0.3 is 14.8 Å². The minimum atomic E-state index is -0.733. The summed E-state index contributed by atoms with van der Waals surface area (Å²) in [4.78, 5) is 40.1. The van der Waals surface area contributed by atoms with Crippen LogP contribution in [0.3, 0.4) is 0 Å². The summed E-state index contributed by atoms with van der Waals surface area (Å²) in [6.07, 6.45) is 1.61. The van der Waals surface area contributed by atoms with Crippen molar-refractivity contribution in [1.82, 2.24) is 20.0 Å². The first kappa shape index (κ1) is 33.5. The number of benzene rings is 3. The average Bonchev–Trinajstić information content (AvgIpc) is 3.68. The second kappa shape index (κ2) is 14.3. The molecule has 1 N–H and O–H groups in total. The van der Waals surface area contributed by atoms with E-state index in [9.17, 15) is 18.8 Å². The summed E-state index contributed by atoms with van der Waals surface area (Å²) in [6.45, 7) is 7.43. The third-order valence-corrected chi connectivity index (χ3v) is 8.01. The number of unbranched alkanes of at least 4 members (excludes halogenated alkanes) is 1. The van der Waals surface area contributed by atoms with Gasteiger partial charge in [0.15, 0.2) is 0 Å². The fraction of sp³-hybridized carbons (Fsp3) is 0.273. The highest BCUT2D eigenvalue weighted by atomic mass is 35.5. The molecule has 3 aromatic carbocycles. The number of amides is 2. The monoisotopic (exact) mass is 678 g/mol. The van der Waals surface area contributed by atoms with Crippen LogP contribution in [0.4, 0.5) is 30.5 Å². The van der Waals surface area contributed by atoms with Gasteiger partial charge in [0, 0.05) is 16.6 Å². The molecule has 0 unspecified atom stereocenters. The molecule has 0 bridgehead atoms. The van der Waals surface area contributed by atoms with Crippen LogP contribution in [0.15, 0.2) is 66.9 Å². The maximum absolute atomic E-state index is 13.5. The Bertz CT molecular complexity index is 1920. The number of hydrogen-bond acceptors (Lipinski definition) is 9. The fourth-order valence-corrected chi connectivity index (χ4v) is 5.61. The molecule has 0 aliphatic rings. The van der Waals surface area contributed by atoms with Crippen LogP contribution in [0.1, 0.15) is 46.1 Å². The first-order chi connectivity index (χ1) is 22.4. The number of ether oxygens (including phenoxy) is 2. The molecule has 0 fully saturated rings. The van der Waals surface area contributed by atoms with Crippen molar-refractivity contribution in [3.63, 3.8) is 0 Å². The number of aromatic nitrogens is 4. The highest BCUT2D eigenvalue weighted by molar-refractivity contribution is 7.18. The summed E-state index contributed by atoms with van der Waals surface area (Å²) in [6, 6.07) is 15.9. The van der Waals surface area contributed by atoms with Gasteiger partial charge in [-0.1, -0.05) is 60.5 Å². The van der Waals surface area contributed by atoms with Gasteiger partial charge in [0.1, 0.15) is 16.4 Å². The Hall–Kier alpha value is -4.88. The number of carbonyl (C=O) groups is 3. The number of nitrogens with one attached hydrogen (secondary N) is 1. The van der Waals surface area contributed by atoms with E-state index in [0.29, 0.717) is 39.1 Å². The van der Waals surface area contributed by atoms with Gasteiger partial charge in [0.05, 0.1) is 35.5 Å². The van der Waals surface area contributed by atoms with Crippen LogP contribution in [0.2, 0.25) is 5.02 Å². The maximum Gasteiger partial charge on any atom is 0.435 e. The molecule has 244 valence electrons. The van der Waals surface area contributed by atoms with Gasteiger partial charge in [0.25, 0.3) is 0 Å². The molecular formula is C33H32ClFN6O5S. The Balaban J connectivity index is 1.43. The van der Waals surface area contributed by atoms with Crippen molar-refractivity contribution >= 4 is 68.4 Å². The molecule has 11 nitrogen and oxygen atoms in total. The van der Waals surface area contributed by atoms with Crippen molar-refractivity contribution < 1.29 is 28.2 Å². The summed E-state index contributed by atoms with van der Waals surface area (Å²) < 4.78 is 25.3.